The van der Waals surface area contributed by atoms with Gasteiger partial charge in [-0.1, -0.05) is 13.8 Å². The summed E-state index contributed by atoms with van der Waals surface area (Å²) in [5.74, 6) is -0.200. The van der Waals surface area contributed by atoms with Gasteiger partial charge < -0.3 is 24.1 Å². The van der Waals surface area contributed by atoms with E-state index in [9.17, 15) is 9.90 Å². The Bertz CT molecular complexity index is 576. The fourth-order valence-electron chi connectivity index (χ4n) is 3.44. The van der Waals surface area contributed by atoms with Gasteiger partial charge >= 0.3 is 5.97 Å². The van der Waals surface area contributed by atoms with Crippen molar-refractivity contribution >= 4 is 5.97 Å². The van der Waals surface area contributed by atoms with E-state index in [-0.39, 0.29) is 24.6 Å². The molecule has 0 spiro atoms. The molecular formula is C22H38O6. The second-order valence-corrected chi connectivity index (χ2v) is 9.94. The molecule has 2 rings (SSSR count). The average molecular weight is 399 g/mol. The third-order valence-electron chi connectivity index (χ3n) is 5.84. The third-order valence-corrected chi connectivity index (χ3v) is 5.84. The summed E-state index contributed by atoms with van der Waals surface area (Å²) in [5, 5.41) is 9.98. The molecule has 1 saturated heterocycles. The molecule has 0 radical (unpaired) electrons. The summed E-state index contributed by atoms with van der Waals surface area (Å²) in [7, 11) is 0. The lowest BCUT2D eigenvalue weighted by Gasteiger charge is -2.39. The van der Waals surface area contributed by atoms with Crippen molar-refractivity contribution in [3.05, 3.63) is 11.8 Å². The van der Waals surface area contributed by atoms with Gasteiger partial charge in [0.1, 0.15) is 6.10 Å². The average Bonchev–Trinajstić information content (AvgIpc) is 2.99. The van der Waals surface area contributed by atoms with Crippen molar-refractivity contribution in [2.24, 2.45) is 17.3 Å². The molecule has 0 saturated carbocycles. The van der Waals surface area contributed by atoms with Gasteiger partial charge in [-0.25, -0.2) is 0 Å². The van der Waals surface area contributed by atoms with Crippen molar-refractivity contribution in [1.29, 1.82) is 0 Å². The zero-order valence-electron chi connectivity index (χ0n) is 18.5. The van der Waals surface area contributed by atoms with Gasteiger partial charge in [0, 0.05) is 0 Å². The van der Waals surface area contributed by atoms with Crippen LogP contribution in [-0.2, 0) is 23.7 Å². The molecular weight excluding hydrogens is 360 g/mol. The molecule has 2 aliphatic heterocycles. The van der Waals surface area contributed by atoms with Crippen molar-refractivity contribution in [3.8, 4) is 0 Å². The van der Waals surface area contributed by atoms with Crippen molar-refractivity contribution < 1.29 is 28.8 Å². The van der Waals surface area contributed by atoms with Gasteiger partial charge in [0.2, 0.25) is 0 Å². The van der Waals surface area contributed by atoms with E-state index in [0.717, 1.165) is 12.8 Å². The Morgan fingerprint density at radius 1 is 1.32 bits per heavy atom. The van der Waals surface area contributed by atoms with Gasteiger partial charge in [-0.15, -0.1) is 0 Å². The number of esters is 1. The van der Waals surface area contributed by atoms with E-state index in [0.29, 0.717) is 25.6 Å². The summed E-state index contributed by atoms with van der Waals surface area (Å²) in [6.45, 7) is 14.3. The monoisotopic (exact) mass is 398 g/mol. The Morgan fingerprint density at radius 3 is 2.46 bits per heavy atom. The molecule has 0 unspecified atom stereocenters. The number of carbonyl (C=O) groups excluding carboxylic acids is 1. The van der Waals surface area contributed by atoms with Crippen LogP contribution in [0.2, 0.25) is 0 Å². The van der Waals surface area contributed by atoms with E-state index in [2.05, 4.69) is 13.8 Å². The molecule has 6 heteroatoms. The minimum atomic E-state index is -0.742. The number of hydrogen-bond acceptors (Lipinski definition) is 6. The number of aliphatic hydroxyl groups is 1. The summed E-state index contributed by atoms with van der Waals surface area (Å²) < 4.78 is 23.1. The SMILES string of the molecule is C[C@@H](COC(=O)C(C)(C)C)[C@@H](C)CC1=CO[C@](CO)([C@@H]2COC(C)(C)O2)CC1. The summed E-state index contributed by atoms with van der Waals surface area (Å²) >= 11 is 0. The van der Waals surface area contributed by atoms with Crippen LogP contribution < -0.4 is 0 Å². The highest BCUT2D eigenvalue weighted by Crippen LogP contribution is 2.39. The van der Waals surface area contributed by atoms with Crippen molar-refractivity contribution in [1.82, 2.24) is 0 Å². The number of allylic oxidation sites excluding steroid dienone is 1. The molecule has 0 bridgehead atoms. The second kappa shape index (κ2) is 8.72. The van der Waals surface area contributed by atoms with Crippen molar-refractivity contribution in [2.45, 2.75) is 85.2 Å². The van der Waals surface area contributed by atoms with E-state index < -0.39 is 16.8 Å². The lowest BCUT2D eigenvalue weighted by molar-refractivity contribution is -0.183. The summed E-state index contributed by atoms with van der Waals surface area (Å²) in [5.41, 5.74) is -0.00519. The van der Waals surface area contributed by atoms with Crippen LogP contribution in [0.15, 0.2) is 11.8 Å². The predicted molar refractivity (Wildman–Crippen MR) is 106 cm³/mol. The van der Waals surface area contributed by atoms with Gasteiger partial charge in [0.25, 0.3) is 0 Å². The second-order valence-electron chi connectivity index (χ2n) is 9.94. The maximum atomic E-state index is 12.0. The van der Waals surface area contributed by atoms with Gasteiger partial charge in [-0.2, -0.15) is 0 Å². The number of aliphatic hydroxyl groups excluding tert-OH is 1. The van der Waals surface area contributed by atoms with Crippen LogP contribution in [0.25, 0.3) is 0 Å². The van der Waals surface area contributed by atoms with Crippen LogP contribution in [0.3, 0.4) is 0 Å². The van der Waals surface area contributed by atoms with E-state index >= 15 is 0 Å². The lowest BCUT2D eigenvalue weighted by atomic mass is 9.84. The first-order valence-corrected chi connectivity index (χ1v) is 10.3. The lowest BCUT2D eigenvalue weighted by Crippen LogP contribution is -2.50. The summed E-state index contributed by atoms with van der Waals surface area (Å²) in [6, 6.07) is 0. The Hall–Kier alpha value is -1.11. The van der Waals surface area contributed by atoms with E-state index in [4.69, 9.17) is 18.9 Å². The molecule has 1 N–H and O–H groups in total. The number of rotatable bonds is 7. The molecule has 0 aliphatic carbocycles. The zero-order chi connectivity index (χ0) is 21.2. The van der Waals surface area contributed by atoms with Crippen LogP contribution >= 0.6 is 0 Å². The van der Waals surface area contributed by atoms with Gasteiger partial charge in [0.15, 0.2) is 11.4 Å². The van der Waals surface area contributed by atoms with Crippen LogP contribution in [0.5, 0.6) is 0 Å². The maximum absolute atomic E-state index is 12.0. The molecule has 162 valence electrons. The zero-order valence-corrected chi connectivity index (χ0v) is 18.5. The van der Waals surface area contributed by atoms with Crippen LogP contribution in [0, 0.1) is 17.3 Å². The molecule has 28 heavy (non-hydrogen) atoms. The first-order chi connectivity index (χ1) is 12.9. The van der Waals surface area contributed by atoms with E-state index in [1.54, 1.807) is 6.26 Å². The van der Waals surface area contributed by atoms with Crippen LogP contribution in [0.1, 0.15) is 67.7 Å². The first kappa shape index (κ1) is 23.2. The van der Waals surface area contributed by atoms with Gasteiger partial charge in [0.05, 0.1) is 31.5 Å². The Labute approximate surface area is 169 Å². The highest BCUT2D eigenvalue weighted by Gasteiger charge is 2.49. The molecule has 0 aromatic carbocycles. The molecule has 4 atom stereocenters. The smallest absolute Gasteiger partial charge is 0.311 e. The number of carbonyl (C=O) groups is 1. The molecule has 0 aromatic heterocycles. The number of hydrogen-bond donors (Lipinski definition) is 1. The van der Waals surface area contributed by atoms with Crippen LogP contribution in [-0.4, -0.2) is 48.4 Å². The topological polar surface area (TPSA) is 74.2 Å². The molecule has 2 heterocycles. The minimum absolute atomic E-state index is 0.102. The van der Waals surface area contributed by atoms with E-state index in [1.807, 2.05) is 34.6 Å². The quantitative estimate of drug-likeness (QED) is 0.657. The van der Waals surface area contributed by atoms with Gasteiger partial charge in [-0.3, -0.25) is 4.79 Å². The molecule has 0 aromatic rings. The van der Waals surface area contributed by atoms with Crippen molar-refractivity contribution in [2.75, 3.05) is 19.8 Å². The number of ether oxygens (including phenoxy) is 4. The standard InChI is InChI=1S/C22H38O6/c1-15(16(2)11-25-19(24)20(3,4)5)10-17-8-9-22(14-23,27-12-17)18-13-26-21(6,7)28-18/h12,15-16,18,23H,8-11,13-14H2,1-7H3/t15-,16-,18-,22+/m0/s1. The predicted octanol–water partition coefficient (Wildman–Crippen LogP) is 3.81. The Balaban J connectivity index is 1.87. The largest absolute Gasteiger partial charge is 0.490 e. The van der Waals surface area contributed by atoms with E-state index in [1.165, 1.54) is 5.57 Å². The summed E-state index contributed by atoms with van der Waals surface area (Å²) in [4.78, 5) is 12.0. The molecule has 1 fully saturated rings. The first-order valence-electron chi connectivity index (χ1n) is 10.3. The fraction of sp³-hybridized carbons (Fsp3) is 0.864. The normalized spacial score (nSPS) is 29.6. The molecule has 6 nitrogen and oxygen atoms in total. The van der Waals surface area contributed by atoms with Crippen LogP contribution in [0.4, 0.5) is 0 Å². The Kier molecular flexibility index (Phi) is 7.22. The summed E-state index contributed by atoms with van der Waals surface area (Å²) in [6.07, 6.45) is 3.93. The molecule has 2 aliphatic rings. The third kappa shape index (κ3) is 5.71. The highest BCUT2D eigenvalue weighted by atomic mass is 16.8. The fourth-order valence-corrected chi connectivity index (χ4v) is 3.44. The molecule has 0 amide bonds. The van der Waals surface area contributed by atoms with Crippen molar-refractivity contribution in [3.63, 3.8) is 0 Å². The Morgan fingerprint density at radius 2 is 2.00 bits per heavy atom. The minimum Gasteiger partial charge on any atom is -0.490 e. The highest BCUT2D eigenvalue weighted by molar-refractivity contribution is 5.75. The van der Waals surface area contributed by atoms with Gasteiger partial charge in [-0.05, 0) is 71.3 Å². The maximum Gasteiger partial charge on any atom is 0.311 e.